The Morgan fingerprint density at radius 2 is 1.81 bits per heavy atom. The lowest BCUT2D eigenvalue weighted by Gasteiger charge is -2.26. The van der Waals surface area contributed by atoms with Crippen molar-refractivity contribution in [3.8, 4) is 0 Å². The number of carbonyl (C=O) groups excluding carboxylic acids is 1. The average molecular weight is 378 g/mol. The normalized spacial score (nSPS) is 25.3. The van der Waals surface area contributed by atoms with Gasteiger partial charge < -0.3 is 5.32 Å². The summed E-state index contributed by atoms with van der Waals surface area (Å²) in [5.41, 5.74) is 0.424. The topological polar surface area (TPSA) is 69.7 Å². The molecule has 1 aliphatic carbocycles. The van der Waals surface area contributed by atoms with Crippen LogP contribution in [0.15, 0.2) is 29.2 Å². The largest absolute Gasteiger partial charge is 0.349 e. The summed E-state index contributed by atoms with van der Waals surface area (Å²) in [4.78, 5) is 15.0. The fourth-order valence-electron chi connectivity index (χ4n) is 4.10. The molecule has 3 aliphatic rings. The lowest BCUT2D eigenvalue weighted by atomic mass is 9.93. The van der Waals surface area contributed by atoms with Gasteiger partial charge in [-0.25, -0.2) is 8.42 Å². The lowest BCUT2D eigenvalue weighted by Crippen LogP contribution is -2.39. The average Bonchev–Trinajstić information content (AvgIpc) is 3.29. The number of nitrogens with zero attached hydrogens (tertiary/aromatic N) is 2. The molecule has 1 saturated carbocycles. The molecule has 6 nitrogen and oxygen atoms in total. The zero-order chi connectivity index (χ0) is 18.1. The van der Waals surface area contributed by atoms with Crippen molar-refractivity contribution in [3.05, 3.63) is 29.8 Å². The number of nitrogens with one attached hydrogen (secondary N) is 1. The molecule has 4 rings (SSSR count). The summed E-state index contributed by atoms with van der Waals surface area (Å²) in [5, 5.41) is 2.97. The molecule has 142 valence electrons. The highest BCUT2D eigenvalue weighted by Crippen LogP contribution is 2.26. The monoisotopic (exact) mass is 377 g/mol. The fraction of sp³-hybridized carbons (Fsp3) is 0.632. The maximum atomic E-state index is 13.0. The van der Waals surface area contributed by atoms with Crippen LogP contribution in [0.4, 0.5) is 0 Å². The van der Waals surface area contributed by atoms with Crippen LogP contribution in [0, 0.1) is 0 Å². The van der Waals surface area contributed by atoms with Crippen molar-refractivity contribution in [2.45, 2.75) is 55.5 Å². The molecule has 0 unspecified atom stereocenters. The van der Waals surface area contributed by atoms with Crippen molar-refractivity contribution >= 4 is 15.9 Å². The fourth-order valence-corrected chi connectivity index (χ4v) is 5.64. The van der Waals surface area contributed by atoms with Crippen LogP contribution in [0.3, 0.4) is 0 Å². The van der Waals surface area contributed by atoms with E-state index < -0.39 is 10.0 Å². The predicted octanol–water partition coefficient (Wildman–Crippen LogP) is 1.83. The molecule has 26 heavy (non-hydrogen) atoms. The smallest absolute Gasteiger partial charge is 0.251 e. The van der Waals surface area contributed by atoms with E-state index in [1.165, 1.54) is 18.9 Å². The number of benzene rings is 1. The molecule has 2 heterocycles. The number of rotatable bonds is 5. The highest BCUT2D eigenvalue weighted by atomic mass is 32.2. The van der Waals surface area contributed by atoms with Crippen molar-refractivity contribution in [3.63, 3.8) is 0 Å². The third kappa shape index (κ3) is 3.52. The summed E-state index contributed by atoms with van der Waals surface area (Å²) in [6.07, 6.45) is 6.47. The molecule has 3 fully saturated rings. The zero-order valence-corrected chi connectivity index (χ0v) is 15.9. The molecule has 7 heteroatoms. The van der Waals surface area contributed by atoms with Gasteiger partial charge in [-0.15, -0.1) is 0 Å². The molecule has 2 saturated heterocycles. The minimum Gasteiger partial charge on any atom is -0.349 e. The van der Waals surface area contributed by atoms with Gasteiger partial charge >= 0.3 is 0 Å². The number of sulfonamides is 1. The molecule has 1 aromatic carbocycles. The molecular weight excluding hydrogens is 350 g/mol. The molecule has 1 N–H and O–H groups in total. The number of hydrogen-bond donors (Lipinski definition) is 1. The van der Waals surface area contributed by atoms with Crippen LogP contribution in [-0.4, -0.2) is 61.8 Å². The summed E-state index contributed by atoms with van der Waals surface area (Å²) in [6, 6.07) is 7.03. The second-order valence-electron chi connectivity index (χ2n) is 7.68. The van der Waals surface area contributed by atoms with Crippen LogP contribution in [0.25, 0.3) is 0 Å². The van der Waals surface area contributed by atoms with Gasteiger partial charge in [0.05, 0.1) is 4.90 Å². The van der Waals surface area contributed by atoms with Gasteiger partial charge in [0.2, 0.25) is 10.0 Å². The van der Waals surface area contributed by atoms with Crippen molar-refractivity contribution in [1.82, 2.24) is 14.5 Å². The second kappa shape index (κ2) is 7.29. The Kier molecular flexibility index (Phi) is 5.03. The van der Waals surface area contributed by atoms with Crippen molar-refractivity contribution < 1.29 is 13.2 Å². The Labute approximate surface area is 155 Å². The standard InChI is InChI=1S/C19H27N3O3S/c23-19(20-16-6-4-7-16)15-5-3-8-18(13-15)26(24,25)22-12-9-17(14-22)21-10-1-2-11-21/h3,5,8,13,16-17H,1-2,4,6-7,9-12,14H2,(H,20,23)/t17-/m0/s1. The number of carbonyl (C=O) groups is 1. The Morgan fingerprint density at radius 3 is 2.50 bits per heavy atom. The van der Waals surface area contributed by atoms with E-state index in [-0.39, 0.29) is 16.8 Å². The van der Waals surface area contributed by atoms with E-state index in [2.05, 4.69) is 10.2 Å². The van der Waals surface area contributed by atoms with Crippen LogP contribution in [0.1, 0.15) is 48.9 Å². The Bertz CT molecular complexity index is 770. The third-order valence-corrected chi connectivity index (χ3v) is 7.82. The predicted molar refractivity (Wildman–Crippen MR) is 99.5 cm³/mol. The van der Waals surface area contributed by atoms with Crippen LogP contribution in [0.2, 0.25) is 0 Å². The molecule has 1 aromatic rings. The Hall–Kier alpha value is -1.44. The molecule has 1 atom stereocenters. The third-order valence-electron chi connectivity index (χ3n) is 5.96. The first-order valence-electron chi connectivity index (χ1n) is 9.69. The maximum Gasteiger partial charge on any atom is 0.251 e. The lowest BCUT2D eigenvalue weighted by molar-refractivity contribution is 0.0916. The first-order chi connectivity index (χ1) is 12.5. The van der Waals surface area contributed by atoms with E-state index in [1.54, 1.807) is 22.5 Å². The number of likely N-dealkylation sites (tertiary alicyclic amines) is 1. The summed E-state index contributed by atoms with van der Waals surface area (Å²) in [7, 11) is -3.55. The van der Waals surface area contributed by atoms with Gasteiger partial charge in [-0.05, 0) is 69.8 Å². The second-order valence-corrected chi connectivity index (χ2v) is 9.62. The molecule has 0 bridgehead atoms. The minimum atomic E-state index is -3.55. The van der Waals surface area contributed by atoms with Crippen LogP contribution >= 0.6 is 0 Å². The highest BCUT2D eigenvalue weighted by molar-refractivity contribution is 7.89. The first kappa shape index (κ1) is 17.9. The molecule has 0 radical (unpaired) electrons. The van der Waals surface area contributed by atoms with E-state index >= 15 is 0 Å². The van der Waals surface area contributed by atoms with Crippen molar-refractivity contribution in [2.24, 2.45) is 0 Å². The van der Waals surface area contributed by atoms with Gasteiger partial charge in [-0.2, -0.15) is 4.31 Å². The van der Waals surface area contributed by atoms with Crippen molar-refractivity contribution in [2.75, 3.05) is 26.2 Å². The maximum absolute atomic E-state index is 13.0. The molecular formula is C19H27N3O3S. The van der Waals surface area contributed by atoms with Crippen LogP contribution in [-0.2, 0) is 10.0 Å². The molecule has 0 aromatic heterocycles. The minimum absolute atomic E-state index is 0.178. The van der Waals surface area contributed by atoms with Crippen LogP contribution < -0.4 is 5.32 Å². The Balaban J connectivity index is 1.47. The molecule has 1 amide bonds. The van der Waals surface area contributed by atoms with E-state index in [4.69, 9.17) is 0 Å². The molecule has 2 aliphatic heterocycles. The molecule has 0 spiro atoms. The number of hydrogen-bond acceptors (Lipinski definition) is 4. The van der Waals surface area contributed by atoms with Gasteiger partial charge in [0.1, 0.15) is 0 Å². The van der Waals surface area contributed by atoms with Gasteiger partial charge in [0.25, 0.3) is 5.91 Å². The number of amides is 1. The van der Waals surface area contributed by atoms with Gasteiger partial charge in [0.15, 0.2) is 0 Å². The first-order valence-corrected chi connectivity index (χ1v) is 11.1. The van der Waals surface area contributed by atoms with Crippen molar-refractivity contribution in [1.29, 1.82) is 0 Å². The van der Waals surface area contributed by atoms with E-state index in [0.717, 1.165) is 38.8 Å². The Morgan fingerprint density at radius 1 is 1.04 bits per heavy atom. The SMILES string of the molecule is O=C(NC1CCC1)c1cccc(S(=O)(=O)N2CC[C@H](N3CCCC3)C2)c1. The van der Waals surface area contributed by atoms with Gasteiger partial charge in [-0.1, -0.05) is 6.07 Å². The highest BCUT2D eigenvalue weighted by Gasteiger charge is 2.36. The van der Waals surface area contributed by atoms with E-state index in [1.807, 2.05) is 0 Å². The van der Waals surface area contributed by atoms with E-state index in [0.29, 0.717) is 24.7 Å². The van der Waals surface area contributed by atoms with Gasteiger partial charge in [0, 0.05) is 30.7 Å². The van der Waals surface area contributed by atoms with Crippen LogP contribution in [0.5, 0.6) is 0 Å². The van der Waals surface area contributed by atoms with E-state index in [9.17, 15) is 13.2 Å². The summed E-state index contributed by atoms with van der Waals surface area (Å²) in [6.45, 7) is 3.27. The quantitative estimate of drug-likeness (QED) is 0.850. The summed E-state index contributed by atoms with van der Waals surface area (Å²) in [5.74, 6) is -0.178. The summed E-state index contributed by atoms with van der Waals surface area (Å²) >= 11 is 0. The van der Waals surface area contributed by atoms with Gasteiger partial charge in [-0.3, -0.25) is 9.69 Å². The zero-order valence-electron chi connectivity index (χ0n) is 15.1. The summed E-state index contributed by atoms with van der Waals surface area (Å²) < 4.78 is 27.7.